The molecule has 7 heteroatoms. The summed E-state index contributed by atoms with van der Waals surface area (Å²) in [6, 6.07) is 0. The van der Waals surface area contributed by atoms with Crippen molar-refractivity contribution in [2.24, 2.45) is 0 Å². The minimum atomic E-state index is -0.473. The number of rotatable bonds is 4. The van der Waals surface area contributed by atoms with Crippen molar-refractivity contribution in [3.63, 3.8) is 0 Å². The zero-order chi connectivity index (χ0) is 14.0. The van der Waals surface area contributed by atoms with E-state index in [1.807, 2.05) is 19.2 Å². The standard InChI is InChI=1S/C12H14ClN3O2S/c1-3-9-10(13)15-12(18)16(11(9)17)5-4-8-6-19-7(2)14-8/h6H,3-5H2,1-2H3,(H,15,18). The predicted octanol–water partition coefficient (Wildman–Crippen LogP) is 1.76. The highest BCUT2D eigenvalue weighted by atomic mass is 35.5. The number of aromatic amines is 1. The molecule has 0 aliphatic rings. The van der Waals surface area contributed by atoms with E-state index in [0.29, 0.717) is 24.9 Å². The first-order chi connectivity index (χ1) is 9.02. The number of H-pyrrole nitrogens is 1. The third-order valence-corrected chi connectivity index (χ3v) is 3.99. The Kier molecular flexibility index (Phi) is 4.21. The summed E-state index contributed by atoms with van der Waals surface area (Å²) in [5.41, 5.74) is 0.542. The highest BCUT2D eigenvalue weighted by Crippen LogP contribution is 2.09. The zero-order valence-electron chi connectivity index (χ0n) is 10.7. The topological polar surface area (TPSA) is 67.8 Å². The first kappa shape index (κ1) is 14.0. The molecule has 19 heavy (non-hydrogen) atoms. The molecule has 2 rings (SSSR count). The van der Waals surface area contributed by atoms with Gasteiger partial charge in [0.25, 0.3) is 5.56 Å². The number of nitrogens with zero attached hydrogens (tertiary/aromatic N) is 2. The van der Waals surface area contributed by atoms with Crippen LogP contribution in [0.2, 0.25) is 5.15 Å². The molecule has 2 aromatic heterocycles. The first-order valence-electron chi connectivity index (χ1n) is 5.95. The van der Waals surface area contributed by atoms with Crippen molar-refractivity contribution in [1.29, 1.82) is 0 Å². The number of halogens is 1. The van der Waals surface area contributed by atoms with Gasteiger partial charge in [-0.1, -0.05) is 18.5 Å². The van der Waals surface area contributed by atoms with E-state index in [1.54, 1.807) is 11.3 Å². The van der Waals surface area contributed by atoms with Crippen molar-refractivity contribution in [3.8, 4) is 0 Å². The third-order valence-electron chi connectivity index (χ3n) is 2.84. The van der Waals surface area contributed by atoms with Crippen LogP contribution in [0.3, 0.4) is 0 Å². The first-order valence-corrected chi connectivity index (χ1v) is 7.21. The van der Waals surface area contributed by atoms with Crippen molar-refractivity contribution in [2.45, 2.75) is 33.2 Å². The van der Waals surface area contributed by atoms with Gasteiger partial charge < -0.3 is 0 Å². The lowest BCUT2D eigenvalue weighted by Gasteiger charge is -2.06. The second-order valence-corrected chi connectivity index (χ2v) is 5.58. The van der Waals surface area contributed by atoms with Crippen LogP contribution in [0.15, 0.2) is 15.0 Å². The molecule has 0 fully saturated rings. The number of aryl methyl sites for hydroxylation is 2. The zero-order valence-corrected chi connectivity index (χ0v) is 12.3. The fraction of sp³-hybridized carbons (Fsp3) is 0.417. The predicted molar refractivity (Wildman–Crippen MR) is 76.3 cm³/mol. The summed E-state index contributed by atoms with van der Waals surface area (Å²) in [4.78, 5) is 30.7. The van der Waals surface area contributed by atoms with Crippen molar-refractivity contribution in [3.05, 3.63) is 47.6 Å². The lowest BCUT2D eigenvalue weighted by atomic mass is 10.2. The fourth-order valence-electron chi connectivity index (χ4n) is 1.84. The van der Waals surface area contributed by atoms with Gasteiger partial charge in [0.2, 0.25) is 0 Å². The fourth-order valence-corrected chi connectivity index (χ4v) is 2.79. The largest absolute Gasteiger partial charge is 0.329 e. The van der Waals surface area contributed by atoms with Crippen LogP contribution in [0.25, 0.3) is 0 Å². The average Bonchev–Trinajstić information content (AvgIpc) is 2.75. The Hall–Kier alpha value is -1.40. The smallest absolute Gasteiger partial charge is 0.297 e. The normalized spacial score (nSPS) is 10.9. The van der Waals surface area contributed by atoms with E-state index in [2.05, 4.69) is 9.97 Å². The number of hydrogen-bond donors (Lipinski definition) is 1. The van der Waals surface area contributed by atoms with Gasteiger partial charge in [-0.3, -0.25) is 14.3 Å². The second-order valence-electron chi connectivity index (χ2n) is 4.14. The molecule has 0 atom stereocenters. The molecule has 102 valence electrons. The highest BCUT2D eigenvalue weighted by molar-refractivity contribution is 7.09. The van der Waals surface area contributed by atoms with E-state index >= 15 is 0 Å². The van der Waals surface area contributed by atoms with Gasteiger partial charge in [-0.05, 0) is 13.3 Å². The Balaban J connectivity index is 2.30. The monoisotopic (exact) mass is 299 g/mol. The Morgan fingerprint density at radius 2 is 2.21 bits per heavy atom. The molecule has 0 spiro atoms. The lowest BCUT2D eigenvalue weighted by molar-refractivity contribution is 0.614. The van der Waals surface area contributed by atoms with E-state index in [1.165, 1.54) is 4.57 Å². The highest BCUT2D eigenvalue weighted by Gasteiger charge is 2.11. The van der Waals surface area contributed by atoms with Crippen LogP contribution < -0.4 is 11.2 Å². The van der Waals surface area contributed by atoms with Crippen LogP contribution >= 0.6 is 22.9 Å². The van der Waals surface area contributed by atoms with Crippen molar-refractivity contribution >= 4 is 22.9 Å². The SMILES string of the molecule is CCc1c(Cl)[nH]c(=O)n(CCc2csc(C)n2)c1=O. The molecule has 0 aromatic carbocycles. The van der Waals surface area contributed by atoms with E-state index in [-0.39, 0.29) is 10.7 Å². The summed E-state index contributed by atoms with van der Waals surface area (Å²) >= 11 is 7.40. The van der Waals surface area contributed by atoms with Gasteiger partial charge in [0.1, 0.15) is 5.15 Å². The van der Waals surface area contributed by atoms with Gasteiger partial charge in [-0.15, -0.1) is 11.3 Å². The summed E-state index contributed by atoms with van der Waals surface area (Å²) < 4.78 is 1.18. The molecule has 5 nitrogen and oxygen atoms in total. The lowest BCUT2D eigenvalue weighted by Crippen LogP contribution is -2.37. The maximum atomic E-state index is 12.1. The van der Waals surface area contributed by atoms with E-state index in [0.717, 1.165) is 10.7 Å². The number of nitrogens with one attached hydrogen (secondary N) is 1. The maximum absolute atomic E-state index is 12.1. The minimum absolute atomic E-state index is 0.137. The van der Waals surface area contributed by atoms with Crippen molar-refractivity contribution < 1.29 is 0 Å². The summed E-state index contributed by atoms with van der Waals surface area (Å²) in [6.45, 7) is 4.06. The van der Waals surface area contributed by atoms with Crippen molar-refractivity contribution in [1.82, 2.24) is 14.5 Å². The number of aromatic nitrogens is 3. The van der Waals surface area contributed by atoms with Crippen LogP contribution in [-0.4, -0.2) is 14.5 Å². The van der Waals surface area contributed by atoms with Gasteiger partial charge in [-0.25, -0.2) is 9.78 Å². The molecule has 1 N–H and O–H groups in total. The molecule has 0 saturated carbocycles. The van der Waals surface area contributed by atoms with Crippen LogP contribution in [0.1, 0.15) is 23.2 Å². The molecule has 0 aliphatic carbocycles. The van der Waals surface area contributed by atoms with Crippen LogP contribution in [0.4, 0.5) is 0 Å². The molecule has 0 radical (unpaired) electrons. The summed E-state index contributed by atoms with van der Waals surface area (Å²) in [7, 11) is 0. The van der Waals surface area contributed by atoms with Crippen LogP contribution in [0, 0.1) is 6.92 Å². The summed E-state index contributed by atoms with van der Waals surface area (Å²) in [6.07, 6.45) is 1.04. The molecule has 0 saturated heterocycles. The number of thiazole rings is 1. The molecule has 2 heterocycles. The summed E-state index contributed by atoms with van der Waals surface area (Å²) in [5.74, 6) is 0. The van der Waals surface area contributed by atoms with Crippen LogP contribution in [-0.2, 0) is 19.4 Å². The Morgan fingerprint density at radius 3 is 2.79 bits per heavy atom. The molecule has 0 unspecified atom stereocenters. The van der Waals surface area contributed by atoms with Gasteiger partial charge in [0, 0.05) is 18.3 Å². The van der Waals surface area contributed by atoms with E-state index in [4.69, 9.17) is 11.6 Å². The molecular formula is C12H14ClN3O2S. The second kappa shape index (κ2) is 5.71. The van der Waals surface area contributed by atoms with E-state index < -0.39 is 5.69 Å². The van der Waals surface area contributed by atoms with Gasteiger partial charge in [-0.2, -0.15) is 0 Å². The quantitative estimate of drug-likeness (QED) is 0.875. The maximum Gasteiger partial charge on any atom is 0.329 e. The Labute approximate surface area is 118 Å². The van der Waals surface area contributed by atoms with Gasteiger partial charge >= 0.3 is 5.69 Å². The summed E-state index contributed by atoms with van der Waals surface area (Å²) in [5, 5.41) is 3.05. The minimum Gasteiger partial charge on any atom is -0.297 e. The Bertz CT molecular complexity index is 702. The molecule has 0 aliphatic heterocycles. The average molecular weight is 300 g/mol. The molecule has 0 amide bonds. The van der Waals surface area contributed by atoms with Crippen molar-refractivity contribution in [2.75, 3.05) is 0 Å². The third kappa shape index (κ3) is 2.96. The number of hydrogen-bond acceptors (Lipinski definition) is 4. The Morgan fingerprint density at radius 1 is 1.47 bits per heavy atom. The van der Waals surface area contributed by atoms with Crippen LogP contribution in [0.5, 0.6) is 0 Å². The van der Waals surface area contributed by atoms with Gasteiger partial charge in [0.05, 0.1) is 16.3 Å². The molecule has 0 bridgehead atoms. The molecular weight excluding hydrogens is 286 g/mol. The van der Waals surface area contributed by atoms with Gasteiger partial charge in [0.15, 0.2) is 0 Å². The molecule has 2 aromatic rings. The van der Waals surface area contributed by atoms with E-state index in [9.17, 15) is 9.59 Å².